The molecule has 0 saturated heterocycles. The van der Waals surface area contributed by atoms with Gasteiger partial charge < -0.3 is 5.32 Å². The maximum absolute atomic E-state index is 13.2. The van der Waals surface area contributed by atoms with Gasteiger partial charge in [-0.05, 0) is 50.2 Å². The Labute approximate surface area is 165 Å². The summed E-state index contributed by atoms with van der Waals surface area (Å²) in [5.41, 5.74) is 2.31. The average molecular weight is 391 g/mol. The fourth-order valence-electron chi connectivity index (χ4n) is 3.22. The van der Waals surface area contributed by atoms with Gasteiger partial charge in [-0.1, -0.05) is 6.07 Å². The van der Waals surface area contributed by atoms with E-state index in [-0.39, 0.29) is 11.4 Å². The second-order valence-corrected chi connectivity index (χ2v) is 6.67. The van der Waals surface area contributed by atoms with Crippen molar-refractivity contribution in [1.82, 2.24) is 24.5 Å². The highest BCUT2D eigenvalue weighted by Crippen LogP contribution is 2.20. The Morgan fingerprint density at radius 3 is 2.66 bits per heavy atom. The summed E-state index contributed by atoms with van der Waals surface area (Å²) in [6.45, 7) is 3.67. The monoisotopic (exact) mass is 391 g/mol. The molecule has 3 aromatic heterocycles. The molecule has 0 fully saturated rings. The van der Waals surface area contributed by atoms with Crippen LogP contribution in [0, 0.1) is 12.7 Å². The van der Waals surface area contributed by atoms with E-state index in [9.17, 15) is 14.0 Å². The molecule has 4 rings (SSSR count). The number of carbonyl (C=O) groups excluding carboxylic acids is 1. The highest BCUT2D eigenvalue weighted by molar-refractivity contribution is 5.94. The third-order valence-electron chi connectivity index (χ3n) is 4.79. The highest BCUT2D eigenvalue weighted by atomic mass is 19.1. The molecule has 29 heavy (non-hydrogen) atoms. The summed E-state index contributed by atoms with van der Waals surface area (Å²) in [5, 5.41) is 7.17. The largest absolute Gasteiger partial charge is 0.345 e. The van der Waals surface area contributed by atoms with Crippen LogP contribution in [-0.4, -0.2) is 25.1 Å². The first-order chi connectivity index (χ1) is 14.0. The number of nitrogens with one attached hydrogen (secondary N) is 1. The van der Waals surface area contributed by atoms with Gasteiger partial charge in [0.15, 0.2) is 0 Å². The Kier molecular flexibility index (Phi) is 4.67. The number of carbonyl (C=O) groups is 1. The minimum atomic E-state index is -0.512. The molecule has 0 saturated carbocycles. The standard InChI is InChI=1S/C21H18FN5O2/c1-13(17-12-24-27(14(17)2)16-8-6-15(22)7-9-16)25-20(28)18-11-23-19-5-3-4-10-26(19)21(18)29/h3-13H,1-2H3,(H,25,28). The molecule has 1 amide bonds. The van der Waals surface area contributed by atoms with Gasteiger partial charge in [-0.25, -0.2) is 14.1 Å². The van der Waals surface area contributed by atoms with E-state index in [4.69, 9.17) is 0 Å². The molecule has 1 aromatic carbocycles. The zero-order valence-electron chi connectivity index (χ0n) is 15.8. The third kappa shape index (κ3) is 3.40. The molecule has 1 unspecified atom stereocenters. The summed E-state index contributed by atoms with van der Waals surface area (Å²) in [7, 11) is 0. The summed E-state index contributed by atoms with van der Waals surface area (Å²) in [4.78, 5) is 29.4. The summed E-state index contributed by atoms with van der Waals surface area (Å²) >= 11 is 0. The fraction of sp³-hybridized carbons (Fsp3) is 0.143. The van der Waals surface area contributed by atoms with Gasteiger partial charge >= 0.3 is 0 Å². The van der Waals surface area contributed by atoms with Gasteiger partial charge in [0.05, 0.1) is 17.9 Å². The minimum Gasteiger partial charge on any atom is -0.345 e. The lowest BCUT2D eigenvalue weighted by molar-refractivity contribution is 0.0937. The van der Waals surface area contributed by atoms with Gasteiger partial charge in [0.2, 0.25) is 0 Å². The summed E-state index contributed by atoms with van der Waals surface area (Å²) in [6, 6.07) is 10.8. The van der Waals surface area contributed by atoms with Crippen molar-refractivity contribution in [3.05, 3.63) is 94.0 Å². The van der Waals surface area contributed by atoms with E-state index in [0.717, 1.165) is 11.3 Å². The maximum atomic E-state index is 13.2. The number of pyridine rings is 1. The number of amides is 1. The third-order valence-corrected chi connectivity index (χ3v) is 4.79. The number of rotatable bonds is 4. The fourth-order valence-corrected chi connectivity index (χ4v) is 3.22. The molecule has 0 spiro atoms. The van der Waals surface area contributed by atoms with E-state index in [1.54, 1.807) is 47.4 Å². The number of hydrogen-bond acceptors (Lipinski definition) is 4. The lowest BCUT2D eigenvalue weighted by Gasteiger charge is -2.14. The van der Waals surface area contributed by atoms with Gasteiger partial charge in [0.1, 0.15) is 17.0 Å². The van der Waals surface area contributed by atoms with E-state index in [1.807, 2.05) is 13.8 Å². The highest BCUT2D eigenvalue weighted by Gasteiger charge is 2.19. The molecule has 4 aromatic rings. The maximum Gasteiger partial charge on any atom is 0.270 e. The number of nitrogens with zero attached hydrogens (tertiary/aromatic N) is 4. The van der Waals surface area contributed by atoms with Crippen molar-refractivity contribution in [2.75, 3.05) is 0 Å². The van der Waals surface area contributed by atoms with Crippen LogP contribution in [0.1, 0.15) is 34.6 Å². The number of hydrogen-bond donors (Lipinski definition) is 1. The molecule has 1 N–H and O–H groups in total. The predicted molar refractivity (Wildman–Crippen MR) is 106 cm³/mol. The SMILES string of the molecule is Cc1c(C(C)NC(=O)c2cnc3ccccn3c2=O)cnn1-c1ccc(F)cc1. The topological polar surface area (TPSA) is 81.3 Å². The summed E-state index contributed by atoms with van der Waals surface area (Å²) in [5.74, 6) is -0.836. The Balaban J connectivity index is 1.59. The molecule has 0 radical (unpaired) electrons. The van der Waals surface area contributed by atoms with Crippen LogP contribution in [-0.2, 0) is 0 Å². The van der Waals surface area contributed by atoms with Crippen molar-refractivity contribution in [3.8, 4) is 5.69 Å². The van der Waals surface area contributed by atoms with Crippen LogP contribution in [0.2, 0.25) is 0 Å². The van der Waals surface area contributed by atoms with Crippen molar-refractivity contribution in [2.45, 2.75) is 19.9 Å². The molecule has 0 bridgehead atoms. The van der Waals surface area contributed by atoms with Crippen LogP contribution >= 0.6 is 0 Å². The van der Waals surface area contributed by atoms with Crippen molar-refractivity contribution in [3.63, 3.8) is 0 Å². The normalized spacial score (nSPS) is 12.1. The van der Waals surface area contributed by atoms with Crippen LogP contribution in [0.25, 0.3) is 11.3 Å². The first-order valence-electron chi connectivity index (χ1n) is 9.03. The number of aromatic nitrogens is 4. The van der Waals surface area contributed by atoms with Crippen LogP contribution in [0.5, 0.6) is 0 Å². The summed E-state index contributed by atoms with van der Waals surface area (Å²) in [6.07, 6.45) is 4.51. The van der Waals surface area contributed by atoms with Crippen molar-refractivity contribution < 1.29 is 9.18 Å². The smallest absolute Gasteiger partial charge is 0.270 e. The van der Waals surface area contributed by atoms with Gasteiger partial charge in [-0.3, -0.25) is 14.0 Å². The zero-order valence-corrected chi connectivity index (χ0v) is 15.8. The van der Waals surface area contributed by atoms with Crippen molar-refractivity contribution in [1.29, 1.82) is 0 Å². The molecular formula is C21H18FN5O2. The van der Waals surface area contributed by atoms with Gasteiger partial charge in [0, 0.05) is 23.7 Å². The van der Waals surface area contributed by atoms with E-state index in [2.05, 4.69) is 15.4 Å². The van der Waals surface area contributed by atoms with Crippen molar-refractivity contribution in [2.24, 2.45) is 0 Å². The predicted octanol–water partition coefficient (Wildman–Crippen LogP) is 2.82. The van der Waals surface area contributed by atoms with Crippen LogP contribution in [0.4, 0.5) is 4.39 Å². The Morgan fingerprint density at radius 1 is 1.14 bits per heavy atom. The Bertz CT molecular complexity index is 1260. The molecule has 7 nitrogen and oxygen atoms in total. The molecule has 3 heterocycles. The van der Waals surface area contributed by atoms with Crippen LogP contribution in [0.3, 0.4) is 0 Å². The average Bonchev–Trinajstić information content (AvgIpc) is 3.10. The molecule has 1 atom stereocenters. The zero-order chi connectivity index (χ0) is 20.5. The molecule has 0 aliphatic rings. The van der Waals surface area contributed by atoms with E-state index < -0.39 is 17.5 Å². The molecular weight excluding hydrogens is 373 g/mol. The van der Waals surface area contributed by atoms with Crippen LogP contribution < -0.4 is 10.9 Å². The number of benzene rings is 1. The second kappa shape index (κ2) is 7.31. The molecule has 0 aliphatic carbocycles. The Morgan fingerprint density at radius 2 is 1.90 bits per heavy atom. The van der Waals surface area contributed by atoms with Gasteiger partial charge in [-0.15, -0.1) is 0 Å². The Hall–Kier alpha value is -3.81. The van der Waals surface area contributed by atoms with Gasteiger partial charge in [-0.2, -0.15) is 5.10 Å². The van der Waals surface area contributed by atoms with Gasteiger partial charge in [0.25, 0.3) is 11.5 Å². The number of fused-ring (bicyclic) bond motifs is 1. The molecule has 146 valence electrons. The quantitative estimate of drug-likeness (QED) is 0.580. The number of halogens is 1. The van der Waals surface area contributed by atoms with E-state index in [1.165, 1.54) is 22.7 Å². The van der Waals surface area contributed by atoms with E-state index in [0.29, 0.717) is 11.3 Å². The van der Waals surface area contributed by atoms with Crippen molar-refractivity contribution >= 4 is 11.6 Å². The molecule has 8 heteroatoms. The van der Waals surface area contributed by atoms with Crippen LogP contribution in [0.15, 0.2) is 65.8 Å². The second-order valence-electron chi connectivity index (χ2n) is 6.67. The molecule has 0 aliphatic heterocycles. The summed E-state index contributed by atoms with van der Waals surface area (Å²) < 4.78 is 16.2. The first kappa shape index (κ1) is 18.5. The van der Waals surface area contributed by atoms with E-state index >= 15 is 0 Å². The first-order valence-corrected chi connectivity index (χ1v) is 9.03. The lowest BCUT2D eigenvalue weighted by atomic mass is 10.1. The lowest BCUT2D eigenvalue weighted by Crippen LogP contribution is -2.33. The minimum absolute atomic E-state index is 0.0378.